The van der Waals surface area contributed by atoms with Gasteiger partial charge in [-0.2, -0.15) is 0 Å². The lowest BCUT2D eigenvalue weighted by Gasteiger charge is -2.07. The highest BCUT2D eigenvalue weighted by molar-refractivity contribution is 5.47. The van der Waals surface area contributed by atoms with Crippen molar-refractivity contribution in [2.75, 3.05) is 0 Å². The van der Waals surface area contributed by atoms with E-state index in [0.29, 0.717) is 6.04 Å². The second-order valence-electron chi connectivity index (χ2n) is 3.13. The van der Waals surface area contributed by atoms with Gasteiger partial charge in [-0.1, -0.05) is 0 Å². The van der Waals surface area contributed by atoms with Crippen molar-refractivity contribution in [2.24, 2.45) is 11.8 Å². The number of rotatable bonds is 2. The second kappa shape index (κ2) is 1.72. The average molecular weight is 125 g/mol. The van der Waals surface area contributed by atoms with E-state index in [2.05, 4.69) is 5.32 Å². The van der Waals surface area contributed by atoms with Crippen molar-refractivity contribution >= 4 is 6.41 Å². The summed E-state index contributed by atoms with van der Waals surface area (Å²) in [6, 6.07) is 0.535. The lowest BCUT2D eigenvalue weighted by Crippen LogP contribution is -2.27. The van der Waals surface area contributed by atoms with E-state index in [9.17, 15) is 4.79 Å². The summed E-state index contributed by atoms with van der Waals surface area (Å²) >= 11 is 0. The van der Waals surface area contributed by atoms with Gasteiger partial charge in [-0.25, -0.2) is 0 Å². The molecule has 0 unspecified atom stereocenters. The molecule has 0 radical (unpaired) electrons. The summed E-state index contributed by atoms with van der Waals surface area (Å²) in [5.74, 6) is 1.83. The minimum Gasteiger partial charge on any atom is -0.356 e. The van der Waals surface area contributed by atoms with Gasteiger partial charge in [0.25, 0.3) is 0 Å². The lowest BCUT2D eigenvalue weighted by atomic mass is 10.2. The van der Waals surface area contributed by atoms with Crippen LogP contribution in [0.25, 0.3) is 0 Å². The molecule has 0 aliphatic heterocycles. The van der Waals surface area contributed by atoms with Crippen molar-refractivity contribution in [3.05, 3.63) is 0 Å². The maximum Gasteiger partial charge on any atom is 0.207 e. The van der Waals surface area contributed by atoms with Crippen LogP contribution in [0.1, 0.15) is 19.3 Å². The smallest absolute Gasteiger partial charge is 0.207 e. The zero-order chi connectivity index (χ0) is 6.27. The summed E-state index contributed by atoms with van der Waals surface area (Å²) < 4.78 is 0. The topological polar surface area (TPSA) is 29.1 Å². The third-order valence-corrected chi connectivity index (χ3v) is 2.62. The standard InChI is InChI=1S/C7H11NO/c9-4-8-7-2-1-5-3-6(5)7/h4-7H,1-3H2,(H,8,9)/t5-,6+,7-/m1/s1. The van der Waals surface area contributed by atoms with Crippen LogP contribution in [-0.4, -0.2) is 12.5 Å². The van der Waals surface area contributed by atoms with Crippen molar-refractivity contribution in [3.8, 4) is 0 Å². The molecule has 0 saturated heterocycles. The van der Waals surface area contributed by atoms with E-state index >= 15 is 0 Å². The van der Waals surface area contributed by atoms with Gasteiger partial charge in [-0.15, -0.1) is 0 Å². The van der Waals surface area contributed by atoms with Gasteiger partial charge in [-0.3, -0.25) is 4.79 Å². The molecule has 0 aromatic rings. The molecule has 1 N–H and O–H groups in total. The predicted molar refractivity (Wildman–Crippen MR) is 33.8 cm³/mol. The van der Waals surface area contributed by atoms with Crippen LogP contribution in [0, 0.1) is 11.8 Å². The van der Waals surface area contributed by atoms with Crippen LogP contribution in [0.4, 0.5) is 0 Å². The molecule has 50 valence electrons. The second-order valence-corrected chi connectivity index (χ2v) is 3.13. The first-order valence-electron chi connectivity index (χ1n) is 3.61. The third kappa shape index (κ3) is 0.732. The first-order chi connectivity index (χ1) is 4.42. The molecule has 0 heterocycles. The largest absolute Gasteiger partial charge is 0.356 e. The van der Waals surface area contributed by atoms with Crippen molar-refractivity contribution in [3.63, 3.8) is 0 Å². The van der Waals surface area contributed by atoms with Crippen molar-refractivity contribution < 1.29 is 4.79 Å². The fraction of sp³-hybridized carbons (Fsp3) is 0.857. The molecule has 2 nitrogen and oxygen atoms in total. The quantitative estimate of drug-likeness (QED) is 0.536. The maximum absolute atomic E-state index is 10.0. The zero-order valence-electron chi connectivity index (χ0n) is 5.34. The van der Waals surface area contributed by atoms with E-state index in [1.54, 1.807) is 0 Å². The Balaban J connectivity index is 1.90. The molecule has 2 heteroatoms. The van der Waals surface area contributed by atoms with Gasteiger partial charge in [0.1, 0.15) is 0 Å². The number of hydrogen-bond acceptors (Lipinski definition) is 1. The Morgan fingerprint density at radius 2 is 2.33 bits per heavy atom. The van der Waals surface area contributed by atoms with Gasteiger partial charge in [0.15, 0.2) is 0 Å². The van der Waals surface area contributed by atoms with E-state index in [1.807, 2.05) is 0 Å². The molecule has 2 rings (SSSR count). The predicted octanol–water partition coefficient (Wildman–Crippen LogP) is 0.531. The summed E-state index contributed by atoms with van der Waals surface area (Å²) in [5.41, 5.74) is 0. The molecule has 1 amide bonds. The first kappa shape index (κ1) is 5.27. The van der Waals surface area contributed by atoms with Gasteiger partial charge < -0.3 is 5.32 Å². The van der Waals surface area contributed by atoms with Gasteiger partial charge in [0.05, 0.1) is 0 Å². The monoisotopic (exact) mass is 125 g/mol. The van der Waals surface area contributed by atoms with Crippen LogP contribution in [-0.2, 0) is 4.79 Å². The molecule has 0 spiro atoms. The Labute approximate surface area is 54.6 Å². The molecule has 2 aliphatic rings. The molecule has 0 aromatic carbocycles. The fourth-order valence-electron chi connectivity index (χ4n) is 2.00. The van der Waals surface area contributed by atoms with Gasteiger partial charge in [-0.05, 0) is 31.1 Å². The summed E-state index contributed by atoms with van der Waals surface area (Å²) in [6.07, 6.45) is 4.77. The summed E-state index contributed by atoms with van der Waals surface area (Å²) in [6.45, 7) is 0. The van der Waals surface area contributed by atoms with E-state index < -0.39 is 0 Å². The van der Waals surface area contributed by atoms with Gasteiger partial charge in [0, 0.05) is 6.04 Å². The Morgan fingerprint density at radius 3 is 2.78 bits per heavy atom. The van der Waals surface area contributed by atoms with Crippen LogP contribution in [0.3, 0.4) is 0 Å². The zero-order valence-corrected chi connectivity index (χ0v) is 5.34. The van der Waals surface area contributed by atoms with E-state index in [4.69, 9.17) is 0 Å². The minimum absolute atomic E-state index is 0.535. The first-order valence-corrected chi connectivity index (χ1v) is 3.61. The van der Waals surface area contributed by atoms with Crippen LogP contribution >= 0.6 is 0 Å². The molecule has 2 saturated carbocycles. The number of carbonyl (C=O) groups is 1. The molecular formula is C7H11NO. The van der Waals surface area contributed by atoms with E-state index in [1.165, 1.54) is 19.3 Å². The maximum atomic E-state index is 10.0. The molecule has 2 aliphatic carbocycles. The Bertz CT molecular complexity index is 135. The molecule has 2 fully saturated rings. The highest BCUT2D eigenvalue weighted by Gasteiger charge is 2.47. The van der Waals surface area contributed by atoms with Gasteiger partial charge >= 0.3 is 0 Å². The van der Waals surface area contributed by atoms with Crippen LogP contribution in [0.5, 0.6) is 0 Å². The Hall–Kier alpha value is -0.530. The number of hydrogen-bond donors (Lipinski definition) is 1. The third-order valence-electron chi connectivity index (χ3n) is 2.62. The molecular weight excluding hydrogens is 114 g/mol. The van der Waals surface area contributed by atoms with Crippen LogP contribution in [0.2, 0.25) is 0 Å². The highest BCUT2D eigenvalue weighted by atomic mass is 16.1. The van der Waals surface area contributed by atoms with E-state index in [0.717, 1.165) is 18.2 Å². The fourth-order valence-corrected chi connectivity index (χ4v) is 2.00. The molecule has 0 aromatic heterocycles. The summed E-state index contributed by atoms with van der Waals surface area (Å²) in [7, 11) is 0. The number of amides is 1. The van der Waals surface area contributed by atoms with Crippen LogP contribution < -0.4 is 5.32 Å². The SMILES string of the molecule is O=CN[C@@H]1CC[C@@H]2C[C@@H]21. The summed E-state index contributed by atoms with van der Waals surface area (Å²) in [4.78, 5) is 10.0. The minimum atomic E-state index is 0.535. The van der Waals surface area contributed by atoms with E-state index in [-0.39, 0.29) is 0 Å². The van der Waals surface area contributed by atoms with Crippen LogP contribution in [0.15, 0.2) is 0 Å². The molecule has 9 heavy (non-hydrogen) atoms. The number of fused-ring (bicyclic) bond motifs is 1. The molecule has 0 bridgehead atoms. The summed E-state index contributed by atoms with van der Waals surface area (Å²) in [5, 5.41) is 2.86. The highest BCUT2D eigenvalue weighted by Crippen LogP contribution is 2.51. The average Bonchev–Trinajstić information content (AvgIpc) is 2.54. The number of carbonyl (C=O) groups excluding carboxylic acids is 1. The Morgan fingerprint density at radius 1 is 1.44 bits per heavy atom. The number of nitrogens with one attached hydrogen (secondary N) is 1. The normalized spacial score (nSPS) is 46.0. The van der Waals surface area contributed by atoms with Crippen molar-refractivity contribution in [1.82, 2.24) is 5.32 Å². The molecule has 3 atom stereocenters. The van der Waals surface area contributed by atoms with Crippen molar-refractivity contribution in [1.29, 1.82) is 0 Å². The van der Waals surface area contributed by atoms with Gasteiger partial charge in [0.2, 0.25) is 6.41 Å². The lowest BCUT2D eigenvalue weighted by molar-refractivity contribution is -0.110. The Kier molecular flexibility index (Phi) is 1.01. The van der Waals surface area contributed by atoms with Crippen molar-refractivity contribution in [2.45, 2.75) is 25.3 Å².